The van der Waals surface area contributed by atoms with E-state index in [1.54, 1.807) is 0 Å². The Kier molecular flexibility index (Phi) is 11.5. The summed E-state index contributed by atoms with van der Waals surface area (Å²) in [5.41, 5.74) is 5.02. The van der Waals surface area contributed by atoms with Gasteiger partial charge >= 0.3 is 0 Å². The maximum absolute atomic E-state index is 4.48. The van der Waals surface area contributed by atoms with Gasteiger partial charge in [-0.05, 0) is 77.1 Å². The average molecular weight is 553 g/mol. The zero-order valence-corrected chi connectivity index (χ0v) is 22.6. The molecule has 0 spiro atoms. The second-order valence-corrected chi connectivity index (χ2v) is 8.81. The summed E-state index contributed by atoms with van der Waals surface area (Å²) in [6, 6.07) is 10.9. The molecule has 1 aromatic heterocycles. The maximum atomic E-state index is 4.48. The summed E-state index contributed by atoms with van der Waals surface area (Å²) in [5, 5.41) is 11.4. The highest BCUT2D eigenvalue weighted by Gasteiger charge is 2.19. The molecule has 1 aliphatic heterocycles. The molecular weight excluding hydrogens is 511 g/mol. The molecule has 1 aliphatic rings. The Morgan fingerprint density at radius 2 is 1.81 bits per heavy atom. The van der Waals surface area contributed by atoms with Crippen LogP contribution in [0.5, 0.6) is 0 Å². The van der Waals surface area contributed by atoms with Gasteiger partial charge < -0.3 is 15.5 Å². The number of aromatic nitrogens is 2. The first-order chi connectivity index (χ1) is 15.1. The van der Waals surface area contributed by atoms with Crippen molar-refractivity contribution in [2.75, 3.05) is 33.2 Å². The van der Waals surface area contributed by atoms with Gasteiger partial charge in [0, 0.05) is 38.4 Å². The average Bonchev–Trinajstić information content (AvgIpc) is 3.03. The van der Waals surface area contributed by atoms with Gasteiger partial charge in [0.25, 0.3) is 0 Å². The van der Waals surface area contributed by atoms with E-state index in [0.29, 0.717) is 0 Å². The number of nitrogens with zero attached hydrogens (tertiary/aromatic N) is 4. The molecule has 1 saturated heterocycles. The number of aliphatic imine (C=N–C) groups is 1. The fraction of sp³-hybridized carbons (Fsp3) is 0.600. The molecule has 0 amide bonds. The number of piperidine rings is 1. The molecule has 2 N–H and O–H groups in total. The number of halogens is 1. The molecule has 0 saturated carbocycles. The highest BCUT2D eigenvalue weighted by Crippen LogP contribution is 2.21. The van der Waals surface area contributed by atoms with Crippen LogP contribution in [0.15, 0.2) is 35.3 Å². The van der Waals surface area contributed by atoms with E-state index in [-0.39, 0.29) is 24.0 Å². The number of nitrogens with one attached hydrogen (secondary N) is 2. The van der Waals surface area contributed by atoms with Gasteiger partial charge in [-0.1, -0.05) is 30.3 Å². The van der Waals surface area contributed by atoms with Crippen molar-refractivity contribution in [2.24, 2.45) is 18.0 Å². The quantitative estimate of drug-likeness (QED) is 0.213. The van der Waals surface area contributed by atoms with E-state index < -0.39 is 0 Å². The van der Waals surface area contributed by atoms with Crippen LogP contribution in [0.4, 0.5) is 0 Å². The van der Waals surface area contributed by atoms with E-state index in [2.05, 4.69) is 69.8 Å². The Morgan fingerprint density at radius 1 is 1.09 bits per heavy atom. The first kappa shape index (κ1) is 26.6. The largest absolute Gasteiger partial charge is 0.356 e. The van der Waals surface area contributed by atoms with Crippen LogP contribution >= 0.6 is 24.0 Å². The molecule has 0 bridgehead atoms. The normalized spacial score (nSPS) is 15.4. The molecule has 7 heteroatoms. The molecule has 32 heavy (non-hydrogen) atoms. The molecule has 178 valence electrons. The second-order valence-electron chi connectivity index (χ2n) is 8.81. The molecule has 2 aromatic rings. The molecule has 0 atom stereocenters. The van der Waals surface area contributed by atoms with Gasteiger partial charge in [-0.3, -0.25) is 9.67 Å². The first-order valence-electron chi connectivity index (χ1n) is 11.8. The van der Waals surface area contributed by atoms with Crippen LogP contribution in [-0.4, -0.2) is 53.9 Å². The van der Waals surface area contributed by atoms with Crippen molar-refractivity contribution in [1.82, 2.24) is 25.3 Å². The van der Waals surface area contributed by atoms with Crippen molar-refractivity contribution in [3.8, 4) is 0 Å². The highest BCUT2D eigenvalue weighted by molar-refractivity contribution is 14.0. The van der Waals surface area contributed by atoms with Gasteiger partial charge in [0.1, 0.15) is 0 Å². The van der Waals surface area contributed by atoms with Crippen LogP contribution in [-0.2, 0) is 20.0 Å². The molecule has 1 aromatic carbocycles. The molecule has 1 fully saturated rings. The fourth-order valence-electron chi connectivity index (χ4n) is 4.49. The van der Waals surface area contributed by atoms with E-state index in [9.17, 15) is 0 Å². The summed E-state index contributed by atoms with van der Waals surface area (Å²) in [6.45, 7) is 9.58. The number of hydrogen-bond acceptors (Lipinski definition) is 3. The third-order valence-corrected chi connectivity index (χ3v) is 6.58. The number of aryl methyl sites for hydroxylation is 2. The molecule has 0 radical (unpaired) electrons. The van der Waals surface area contributed by atoms with Gasteiger partial charge in [-0.2, -0.15) is 5.10 Å². The number of hydrogen-bond donors (Lipinski definition) is 2. The predicted molar refractivity (Wildman–Crippen MR) is 145 cm³/mol. The van der Waals surface area contributed by atoms with Crippen LogP contribution < -0.4 is 10.6 Å². The Labute approximate surface area is 211 Å². The minimum atomic E-state index is 0. The monoisotopic (exact) mass is 552 g/mol. The smallest absolute Gasteiger partial charge is 0.191 e. The summed E-state index contributed by atoms with van der Waals surface area (Å²) < 4.78 is 1.94. The molecule has 3 rings (SSSR count). The van der Waals surface area contributed by atoms with E-state index in [4.69, 9.17) is 0 Å². The maximum Gasteiger partial charge on any atom is 0.191 e. The lowest BCUT2D eigenvalue weighted by Gasteiger charge is -2.32. The Bertz CT molecular complexity index is 824. The number of guanidine groups is 1. The van der Waals surface area contributed by atoms with E-state index >= 15 is 0 Å². The van der Waals surface area contributed by atoms with Gasteiger partial charge in [0.05, 0.1) is 5.69 Å². The van der Waals surface area contributed by atoms with Crippen molar-refractivity contribution in [3.63, 3.8) is 0 Å². The molecular formula is C25H41IN6. The summed E-state index contributed by atoms with van der Waals surface area (Å²) in [7, 11) is 3.82. The van der Waals surface area contributed by atoms with Crippen LogP contribution in [0, 0.1) is 19.8 Å². The SMILES string of the molecule is CN=C(NCCCCN1CCC(Cc2ccccc2)CC1)NCc1c(C)nn(C)c1C.I. The minimum absolute atomic E-state index is 0. The van der Waals surface area contributed by atoms with Crippen LogP contribution in [0.1, 0.15) is 48.2 Å². The van der Waals surface area contributed by atoms with Crippen molar-refractivity contribution < 1.29 is 0 Å². The summed E-state index contributed by atoms with van der Waals surface area (Å²) in [5.74, 6) is 1.71. The Morgan fingerprint density at radius 3 is 2.44 bits per heavy atom. The lowest BCUT2D eigenvalue weighted by atomic mass is 9.90. The Hall–Kier alpha value is -1.61. The van der Waals surface area contributed by atoms with Crippen molar-refractivity contribution in [3.05, 3.63) is 52.8 Å². The summed E-state index contributed by atoms with van der Waals surface area (Å²) in [4.78, 5) is 7.00. The lowest BCUT2D eigenvalue weighted by Crippen LogP contribution is -2.38. The zero-order valence-electron chi connectivity index (χ0n) is 20.2. The van der Waals surface area contributed by atoms with Crippen LogP contribution in [0.25, 0.3) is 0 Å². The van der Waals surface area contributed by atoms with Crippen molar-refractivity contribution >= 4 is 29.9 Å². The standard InChI is InChI=1S/C25H40N6.HI/c1-20-24(21(2)30(4)29-20)19-28-25(26-3)27-14-8-9-15-31-16-12-23(13-17-31)18-22-10-6-5-7-11-22;/h5-7,10-11,23H,8-9,12-19H2,1-4H3,(H2,26,27,28);1H. The van der Waals surface area contributed by atoms with Gasteiger partial charge in [0.15, 0.2) is 5.96 Å². The minimum Gasteiger partial charge on any atom is -0.356 e. The fourth-order valence-corrected chi connectivity index (χ4v) is 4.49. The topological polar surface area (TPSA) is 57.5 Å². The van der Waals surface area contributed by atoms with Gasteiger partial charge in [0.2, 0.25) is 0 Å². The van der Waals surface area contributed by atoms with Gasteiger partial charge in [-0.15, -0.1) is 24.0 Å². The first-order valence-corrected chi connectivity index (χ1v) is 11.8. The van der Waals surface area contributed by atoms with E-state index in [1.165, 1.54) is 62.1 Å². The zero-order chi connectivity index (χ0) is 22.1. The second kappa shape index (κ2) is 13.8. The molecule has 6 nitrogen and oxygen atoms in total. The van der Waals surface area contributed by atoms with Crippen molar-refractivity contribution in [2.45, 2.75) is 52.5 Å². The highest BCUT2D eigenvalue weighted by atomic mass is 127. The summed E-state index contributed by atoms with van der Waals surface area (Å²) in [6.07, 6.45) is 6.29. The van der Waals surface area contributed by atoms with Crippen LogP contribution in [0.2, 0.25) is 0 Å². The number of benzene rings is 1. The third kappa shape index (κ3) is 8.06. The number of likely N-dealkylation sites (tertiary alicyclic amines) is 1. The van der Waals surface area contributed by atoms with E-state index in [1.807, 2.05) is 18.8 Å². The van der Waals surface area contributed by atoms with Crippen LogP contribution in [0.3, 0.4) is 0 Å². The molecule has 2 heterocycles. The lowest BCUT2D eigenvalue weighted by molar-refractivity contribution is 0.181. The van der Waals surface area contributed by atoms with Crippen molar-refractivity contribution in [1.29, 1.82) is 0 Å². The number of unbranched alkanes of at least 4 members (excludes halogenated alkanes) is 1. The summed E-state index contributed by atoms with van der Waals surface area (Å²) >= 11 is 0. The third-order valence-electron chi connectivity index (χ3n) is 6.58. The predicted octanol–water partition coefficient (Wildman–Crippen LogP) is 4.05. The molecule has 0 aliphatic carbocycles. The number of rotatable bonds is 9. The van der Waals surface area contributed by atoms with Gasteiger partial charge in [-0.25, -0.2) is 0 Å². The van der Waals surface area contributed by atoms with E-state index in [0.717, 1.165) is 37.1 Å². The Balaban J connectivity index is 0.00000363. The molecule has 0 unspecified atom stereocenters.